The van der Waals surface area contributed by atoms with Gasteiger partial charge in [0.05, 0.1) is 33.7 Å². The number of para-hydroxylation sites is 3. The van der Waals surface area contributed by atoms with Crippen molar-refractivity contribution in [2.45, 2.75) is 52.0 Å². The molecule has 1 aliphatic rings. The number of unbranched alkanes of at least 4 members (excludes halogenated alkanes) is 4. The van der Waals surface area contributed by atoms with Crippen molar-refractivity contribution in [3.05, 3.63) is 75.5 Å². The number of rotatable bonds is 9. The lowest BCUT2D eigenvalue weighted by molar-refractivity contribution is -0.385. The van der Waals surface area contributed by atoms with Gasteiger partial charge >= 0.3 is 5.97 Å². The maximum absolute atomic E-state index is 13.3. The van der Waals surface area contributed by atoms with Crippen molar-refractivity contribution in [1.29, 1.82) is 0 Å². The second-order valence-corrected chi connectivity index (χ2v) is 8.23. The lowest BCUT2D eigenvalue weighted by atomic mass is 9.93. The normalized spacial score (nSPS) is 15.3. The molecule has 33 heavy (non-hydrogen) atoms. The average Bonchev–Trinajstić information content (AvgIpc) is 3.18. The van der Waals surface area contributed by atoms with Crippen LogP contribution in [-0.2, 0) is 9.53 Å². The van der Waals surface area contributed by atoms with E-state index >= 15 is 0 Å². The zero-order valence-corrected chi connectivity index (χ0v) is 18.9. The summed E-state index contributed by atoms with van der Waals surface area (Å²) in [6.07, 6.45) is 5.22. The molecule has 0 radical (unpaired) electrons. The molecule has 0 saturated carbocycles. The van der Waals surface area contributed by atoms with Crippen LogP contribution in [0.25, 0.3) is 11.0 Å². The third kappa shape index (κ3) is 4.46. The van der Waals surface area contributed by atoms with Crippen LogP contribution in [0.3, 0.4) is 0 Å². The number of fused-ring (bicyclic) bond motifs is 3. The summed E-state index contributed by atoms with van der Waals surface area (Å²) in [5, 5.41) is 15.1. The fourth-order valence-electron chi connectivity index (χ4n) is 4.36. The van der Waals surface area contributed by atoms with E-state index in [1.54, 1.807) is 25.1 Å². The molecule has 0 saturated heterocycles. The van der Waals surface area contributed by atoms with Gasteiger partial charge in [0, 0.05) is 11.8 Å². The standard InChI is InChI=1S/C25H28N4O4/c1-3-4-5-6-11-16-33-24(30)22-17(2)26-25-27-19-13-8-10-15-21(19)28(25)23(22)18-12-7-9-14-20(18)29(31)32/h7-10,12-15,23H,3-6,11,16H2,1-2H3,(H,26,27)/t23-/m1/s1. The van der Waals surface area contributed by atoms with Crippen LogP contribution in [0.4, 0.5) is 11.6 Å². The lowest BCUT2D eigenvalue weighted by Gasteiger charge is -2.30. The number of imidazole rings is 1. The van der Waals surface area contributed by atoms with Crippen LogP contribution in [0.2, 0.25) is 0 Å². The maximum atomic E-state index is 13.3. The molecule has 4 rings (SSSR count). The van der Waals surface area contributed by atoms with Gasteiger partial charge in [-0.15, -0.1) is 0 Å². The minimum Gasteiger partial charge on any atom is -0.462 e. The number of carbonyl (C=O) groups excluding carboxylic acids is 1. The van der Waals surface area contributed by atoms with E-state index in [2.05, 4.69) is 17.2 Å². The Labute approximate surface area is 192 Å². The van der Waals surface area contributed by atoms with E-state index in [0.717, 1.165) is 36.7 Å². The van der Waals surface area contributed by atoms with Crippen LogP contribution >= 0.6 is 0 Å². The van der Waals surface area contributed by atoms with E-state index in [1.807, 2.05) is 28.8 Å². The number of benzene rings is 2. The summed E-state index contributed by atoms with van der Waals surface area (Å²) in [4.78, 5) is 29.4. The van der Waals surface area contributed by atoms with Gasteiger partial charge in [-0.3, -0.25) is 14.7 Å². The van der Waals surface area contributed by atoms with E-state index in [4.69, 9.17) is 4.74 Å². The molecule has 0 fully saturated rings. The molecule has 1 atom stereocenters. The first-order valence-electron chi connectivity index (χ1n) is 11.4. The van der Waals surface area contributed by atoms with Crippen molar-refractivity contribution in [3.8, 4) is 0 Å². The third-order valence-electron chi connectivity index (χ3n) is 5.96. The number of ether oxygens (including phenoxy) is 1. The van der Waals surface area contributed by atoms with Gasteiger partial charge < -0.3 is 10.1 Å². The second-order valence-electron chi connectivity index (χ2n) is 8.23. The molecule has 1 aromatic heterocycles. The monoisotopic (exact) mass is 448 g/mol. The fourth-order valence-corrected chi connectivity index (χ4v) is 4.36. The van der Waals surface area contributed by atoms with Crippen molar-refractivity contribution in [2.24, 2.45) is 0 Å². The largest absolute Gasteiger partial charge is 0.462 e. The summed E-state index contributed by atoms with van der Waals surface area (Å²) in [7, 11) is 0. The molecular formula is C25H28N4O4. The van der Waals surface area contributed by atoms with Crippen molar-refractivity contribution < 1.29 is 14.5 Å². The van der Waals surface area contributed by atoms with Crippen LogP contribution in [0.5, 0.6) is 0 Å². The molecule has 2 aromatic carbocycles. The zero-order valence-electron chi connectivity index (χ0n) is 18.9. The highest BCUT2D eigenvalue weighted by Gasteiger charge is 2.38. The molecule has 0 unspecified atom stereocenters. The SMILES string of the molecule is CCCCCCCOC(=O)C1=C(C)Nc2nc3ccccc3n2[C@@H]1c1ccccc1[N+](=O)[O-]. The van der Waals surface area contributed by atoms with Gasteiger partial charge in [-0.25, -0.2) is 9.78 Å². The summed E-state index contributed by atoms with van der Waals surface area (Å²) in [5.41, 5.74) is 2.82. The van der Waals surface area contributed by atoms with Crippen LogP contribution in [0.1, 0.15) is 57.6 Å². The Hall–Kier alpha value is -3.68. The molecule has 1 N–H and O–H groups in total. The van der Waals surface area contributed by atoms with E-state index in [1.165, 1.54) is 12.5 Å². The molecule has 0 amide bonds. The molecule has 8 nitrogen and oxygen atoms in total. The number of nitrogens with one attached hydrogen (secondary N) is 1. The second kappa shape index (κ2) is 9.85. The molecule has 0 aliphatic carbocycles. The van der Waals surface area contributed by atoms with Gasteiger partial charge in [0.2, 0.25) is 5.95 Å². The third-order valence-corrected chi connectivity index (χ3v) is 5.96. The number of aromatic nitrogens is 2. The van der Waals surface area contributed by atoms with Crippen molar-refractivity contribution in [2.75, 3.05) is 11.9 Å². The Morgan fingerprint density at radius 3 is 2.64 bits per heavy atom. The maximum Gasteiger partial charge on any atom is 0.338 e. The summed E-state index contributed by atoms with van der Waals surface area (Å²) < 4.78 is 7.50. The van der Waals surface area contributed by atoms with Gasteiger partial charge in [0.1, 0.15) is 6.04 Å². The smallest absolute Gasteiger partial charge is 0.338 e. The Bertz CT molecular complexity index is 1210. The predicted octanol–water partition coefficient (Wildman–Crippen LogP) is 5.75. The van der Waals surface area contributed by atoms with E-state index in [-0.39, 0.29) is 5.69 Å². The highest BCUT2D eigenvalue weighted by Crippen LogP contribution is 2.42. The summed E-state index contributed by atoms with van der Waals surface area (Å²) in [6.45, 7) is 4.26. The molecule has 172 valence electrons. The number of hydrogen-bond acceptors (Lipinski definition) is 6. The van der Waals surface area contributed by atoms with Crippen molar-refractivity contribution in [3.63, 3.8) is 0 Å². The molecule has 0 bridgehead atoms. The number of allylic oxidation sites excluding steroid dienone is 1. The minimum absolute atomic E-state index is 0.0502. The van der Waals surface area contributed by atoms with Crippen LogP contribution in [-0.4, -0.2) is 27.1 Å². The lowest BCUT2D eigenvalue weighted by Crippen LogP contribution is -2.29. The highest BCUT2D eigenvalue weighted by molar-refractivity contribution is 5.94. The molecular weight excluding hydrogens is 420 g/mol. The number of nitro groups is 1. The molecule has 2 heterocycles. The van der Waals surface area contributed by atoms with Crippen molar-refractivity contribution >= 4 is 28.6 Å². The number of hydrogen-bond donors (Lipinski definition) is 1. The van der Waals surface area contributed by atoms with E-state index < -0.39 is 16.9 Å². The number of anilines is 1. The quantitative estimate of drug-likeness (QED) is 0.194. The first kappa shape index (κ1) is 22.5. The Morgan fingerprint density at radius 2 is 1.85 bits per heavy atom. The van der Waals surface area contributed by atoms with Gasteiger partial charge in [-0.05, 0) is 31.5 Å². The molecule has 3 aromatic rings. The van der Waals surface area contributed by atoms with Crippen LogP contribution < -0.4 is 5.32 Å². The van der Waals surface area contributed by atoms with Gasteiger partial charge in [-0.1, -0.05) is 56.9 Å². The van der Waals surface area contributed by atoms with Gasteiger partial charge in [0.25, 0.3) is 5.69 Å². The summed E-state index contributed by atoms with van der Waals surface area (Å²) in [5.74, 6) is 0.0649. The first-order valence-corrected chi connectivity index (χ1v) is 11.4. The topological polar surface area (TPSA) is 99.3 Å². The van der Waals surface area contributed by atoms with Crippen LogP contribution in [0.15, 0.2) is 59.8 Å². The van der Waals surface area contributed by atoms with Crippen molar-refractivity contribution in [1.82, 2.24) is 9.55 Å². The zero-order chi connectivity index (χ0) is 23.4. The fraction of sp³-hybridized carbons (Fsp3) is 0.360. The van der Waals surface area contributed by atoms with E-state index in [0.29, 0.717) is 29.4 Å². The first-order chi connectivity index (χ1) is 16.0. The summed E-state index contributed by atoms with van der Waals surface area (Å²) >= 11 is 0. The number of nitrogens with zero attached hydrogens (tertiary/aromatic N) is 3. The molecule has 0 spiro atoms. The Kier molecular flexibility index (Phi) is 6.72. The van der Waals surface area contributed by atoms with Crippen LogP contribution in [0, 0.1) is 10.1 Å². The minimum atomic E-state index is -0.733. The number of nitro benzene ring substituents is 1. The highest BCUT2D eigenvalue weighted by atomic mass is 16.6. The average molecular weight is 449 g/mol. The molecule has 1 aliphatic heterocycles. The van der Waals surface area contributed by atoms with Gasteiger partial charge in [0.15, 0.2) is 0 Å². The van der Waals surface area contributed by atoms with E-state index in [9.17, 15) is 14.9 Å². The Morgan fingerprint density at radius 1 is 1.12 bits per heavy atom. The Balaban J connectivity index is 1.75. The molecule has 8 heteroatoms. The van der Waals surface area contributed by atoms with Gasteiger partial charge in [-0.2, -0.15) is 0 Å². The predicted molar refractivity (Wildman–Crippen MR) is 127 cm³/mol. The number of carbonyl (C=O) groups is 1. The summed E-state index contributed by atoms with van der Waals surface area (Å²) in [6, 6.07) is 13.3. The number of esters is 1.